The van der Waals surface area contributed by atoms with Gasteiger partial charge in [0.25, 0.3) is 5.91 Å². The summed E-state index contributed by atoms with van der Waals surface area (Å²) in [6.45, 7) is 5.99. The Balaban J connectivity index is 1.88. The Labute approximate surface area is 156 Å². The number of carboxylic acid groups (broad SMARTS) is 1. The molecular weight excluding hydrogens is 363 g/mol. The molecule has 5 nitrogen and oxygen atoms in total. The average molecular weight is 383 g/mol. The van der Waals surface area contributed by atoms with Crippen molar-refractivity contribution in [2.75, 3.05) is 0 Å². The Hall–Kier alpha value is -1.59. The van der Waals surface area contributed by atoms with Gasteiger partial charge in [-0.1, -0.05) is 44.0 Å². The first-order valence-corrected chi connectivity index (χ1v) is 8.87. The monoisotopic (exact) mass is 382 g/mol. The molecule has 2 atom stereocenters. The van der Waals surface area contributed by atoms with E-state index in [0.29, 0.717) is 17.9 Å². The second-order valence-corrected chi connectivity index (χ2v) is 8.49. The Morgan fingerprint density at radius 3 is 2.44 bits per heavy atom. The summed E-state index contributed by atoms with van der Waals surface area (Å²) in [6, 6.07) is 4.61. The maximum Gasteiger partial charge on any atom is 0.310 e. The van der Waals surface area contributed by atoms with Crippen molar-refractivity contribution < 1.29 is 14.7 Å². The van der Waals surface area contributed by atoms with E-state index in [-0.39, 0.29) is 16.0 Å². The fourth-order valence-electron chi connectivity index (χ4n) is 4.38. The molecule has 1 amide bonds. The number of hydrogen-bond donors (Lipinski definition) is 2. The lowest BCUT2D eigenvalue weighted by Gasteiger charge is -2.37. The highest BCUT2D eigenvalue weighted by Crippen LogP contribution is 2.70. The van der Waals surface area contributed by atoms with Crippen molar-refractivity contribution >= 4 is 40.8 Å². The zero-order valence-corrected chi connectivity index (χ0v) is 15.8. The van der Waals surface area contributed by atoms with Crippen LogP contribution in [0, 0.1) is 16.2 Å². The predicted molar refractivity (Wildman–Crippen MR) is 97.2 cm³/mol. The fraction of sp³-hybridized carbons (Fsp3) is 0.500. The molecule has 2 saturated carbocycles. The van der Waals surface area contributed by atoms with Crippen LogP contribution in [0.3, 0.4) is 0 Å². The number of halogens is 2. The number of nitrogens with one attached hydrogen (secondary N) is 1. The molecule has 0 aromatic heterocycles. The minimum Gasteiger partial charge on any atom is -0.481 e. The zero-order chi connectivity index (χ0) is 18.6. The van der Waals surface area contributed by atoms with Crippen LogP contribution in [0.15, 0.2) is 23.3 Å². The number of carbonyl (C=O) groups is 2. The molecule has 2 fully saturated rings. The lowest BCUT2D eigenvalue weighted by Crippen LogP contribution is -2.40. The van der Waals surface area contributed by atoms with E-state index in [1.165, 1.54) is 12.1 Å². The van der Waals surface area contributed by atoms with E-state index < -0.39 is 22.7 Å². The van der Waals surface area contributed by atoms with Crippen LogP contribution in [0.2, 0.25) is 10.0 Å². The van der Waals surface area contributed by atoms with Crippen molar-refractivity contribution in [3.05, 3.63) is 33.8 Å². The van der Waals surface area contributed by atoms with Crippen molar-refractivity contribution in [1.29, 1.82) is 0 Å². The Morgan fingerprint density at radius 2 is 1.88 bits per heavy atom. The normalized spacial score (nSPS) is 31.3. The molecule has 1 aromatic rings. The number of fused-ring (bicyclic) bond motifs is 2. The van der Waals surface area contributed by atoms with Crippen LogP contribution in [0.4, 0.5) is 0 Å². The van der Waals surface area contributed by atoms with E-state index >= 15 is 0 Å². The molecule has 0 aliphatic heterocycles. The van der Waals surface area contributed by atoms with Crippen molar-refractivity contribution in [3.63, 3.8) is 0 Å². The first-order chi connectivity index (χ1) is 11.5. The summed E-state index contributed by atoms with van der Waals surface area (Å²) < 4.78 is 0. The Morgan fingerprint density at radius 1 is 1.20 bits per heavy atom. The summed E-state index contributed by atoms with van der Waals surface area (Å²) in [5.41, 5.74) is 1.91. The van der Waals surface area contributed by atoms with E-state index in [2.05, 4.69) is 10.5 Å². The van der Waals surface area contributed by atoms with Gasteiger partial charge in [0.2, 0.25) is 0 Å². The number of carbonyl (C=O) groups excluding carboxylic acids is 1. The summed E-state index contributed by atoms with van der Waals surface area (Å²) in [4.78, 5) is 24.3. The van der Waals surface area contributed by atoms with Crippen LogP contribution < -0.4 is 5.43 Å². The van der Waals surface area contributed by atoms with Gasteiger partial charge in [0.05, 0.1) is 16.0 Å². The SMILES string of the molecule is CC12CCC(C(=O)O)(C/C1=N/NC(=O)c1ccc(Cl)cc1Cl)C2(C)C. The topological polar surface area (TPSA) is 78.8 Å². The molecular formula is C18H20Cl2N2O3. The molecule has 0 spiro atoms. The molecule has 0 saturated heterocycles. The van der Waals surface area contributed by atoms with E-state index in [9.17, 15) is 14.7 Å². The molecule has 0 radical (unpaired) electrons. The number of rotatable bonds is 3. The molecule has 2 N–H and O–H groups in total. The first-order valence-electron chi connectivity index (χ1n) is 8.11. The Bertz CT molecular complexity index is 806. The second kappa shape index (κ2) is 5.71. The van der Waals surface area contributed by atoms with Gasteiger partial charge in [0.1, 0.15) is 0 Å². The van der Waals surface area contributed by atoms with Gasteiger partial charge < -0.3 is 5.11 Å². The molecule has 2 aliphatic rings. The highest BCUT2D eigenvalue weighted by molar-refractivity contribution is 6.36. The van der Waals surface area contributed by atoms with Crippen molar-refractivity contribution in [3.8, 4) is 0 Å². The molecule has 7 heteroatoms. The van der Waals surface area contributed by atoms with Crippen molar-refractivity contribution in [1.82, 2.24) is 5.43 Å². The van der Waals surface area contributed by atoms with E-state index in [4.69, 9.17) is 23.2 Å². The quantitative estimate of drug-likeness (QED) is 0.761. The maximum absolute atomic E-state index is 12.4. The summed E-state index contributed by atoms with van der Waals surface area (Å²) in [5, 5.41) is 14.8. The standard InChI is InChI=1S/C18H20Cl2N2O3/c1-16(2)17(3)6-7-18(16,15(24)25)9-13(17)21-22-14(23)11-5-4-10(19)8-12(11)20/h4-5,8H,6-7,9H2,1-3H3,(H,22,23)(H,24,25)/b21-13-. The number of hydrogen-bond acceptors (Lipinski definition) is 3. The molecule has 25 heavy (non-hydrogen) atoms. The number of aliphatic carboxylic acids is 1. The third-order valence-electron chi connectivity index (χ3n) is 6.61. The average Bonchev–Trinajstić information content (AvgIpc) is 2.83. The fourth-order valence-corrected chi connectivity index (χ4v) is 4.87. The highest BCUT2D eigenvalue weighted by Gasteiger charge is 2.71. The minimum atomic E-state index is -0.830. The molecule has 134 valence electrons. The zero-order valence-electron chi connectivity index (χ0n) is 14.3. The smallest absolute Gasteiger partial charge is 0.310 e. The first kappa shape index (κ1) is 18.2. The van der Waals surface area contributed by atoms with Crippen LogP contribution in [-0.4, -0.2) is 22.7 Å². The van der Waals surface area contributed by atoms with Gasteiger partial charge in [-0.3, -0.25) is 9.59 Å². The maximum atomic E-state index is 12.4. The van der Waals surface area contributed by atoms with Crippen LogP contribution in [0.25, 0.3) is 0 Å². The minimum absolute atomic E-state index is 0.242. The summed E-state index contributed by atoms with van der Waals surface area (Å²) in [5.74, 6) is -1.23. The van der Waals surface area contributed by atoms with Gasteiger partial charge in [0, 0.05) is 22.6 Å². The third-order valence-corrected chi connectivity index (χ3v) is 7.16. The summed E-state index contributed by atoms with van der Waals surface area (Å²) >= 11 is 11.9. The van der Waals surface area contributed by atoms with E-state index in [1.54, 1.807) is 6.07 Å². The predicted octanol–water partition coefficient (Wildman–Crippen LogP) is 4.38. The van der Waals surface area contributed by atoms with Gasteiger partial charge in [-0.15, -0.1) is 0 Å². The summed E-state index contributed by atoms with van der Waals surface area (Å²) in [7, 11) is 0. The molecule has 3 rings (SSSR count). The molecule has 2 aliphatic carbocycles. The lowest BCUT2D eigenvalue weighted by molar-refractivity contribution is -0.154. The largest absolute Gasteiger partial charge is 0.481 e. The number of nitrogens with zero attached hydrogens (tertiary/aromatic N) is 1. The van der Waals surface area contributed by atoms with Crippen LogP contribution in [0.5, 0.6) is 0 Å². The number of hydrazone groups is 1. The van der Waals surface area contributed by atoms with Crippen LogP contribution in [-0.2, 0) is 4.79 Å². The van der Waals surface area contributed by atoms with Gasteiger partial charge in [-0.2, -0.15) is 5.10 Å². The van der Waals surface area contributed by atoms with Crippen LogP contribution >= 0.6 is 23.2 Å². The molecule has 0 heterocycles. The molecule has 1 aromatic carbocycles. The summed E-state index contributed by atoms with van der Waals surface area (Å²) in [6.07, 6.45) is 1.71. The number of benzene rings is 1. The number of amides is 1. The van der Waals surface area contributed by atoms with Gasteiger partial charge >= 0.3 is 5.97 Å². The van der Waals surface area contributed by atoms with Crippen molar-refractivity contribution in [2.45, 2.75) is 40.0 Å². The van der Waals surface area contributed by atoms with Gasteiger partial charge in [0.15, 0.2) is 0 Å². The van der Waals surface area contributed by atoms with Gasteiger partial charge in [-0.05, 0) is 36.5 Å². The van der Waals surface area contributed by atoms with Gasteiger partial charge in [-0.25, -0.2) is 5.43 Å². The molecule has 2 bridgehead atoms. The lowest BCUT2D eigenvalue weighted by atomic mass is 9.65. The Kier molecular flexibility index (Phi) is 4.16. The number of carboxylic acids is 1. The molecule has 2 unspecified atom stereocenters. The highest BCUT2D eigenvalue weighted by atomic mass is 35.5. The van der Waals surface area contributed by atoms with Crippen molar-refractivity contribution in [2.24, 2.45) is 21.3 Å². The van der Waals surface area contributed by atoms with Crippen LogP contribution in [0.1, 0.15) is 50.4 Å². The second-order valence-electron chi connectivity index (χ2n) is 7.64. The van der Waals surface area contributed by atoms with E-state index in [0.717, 1.165) is 12.1 Å². The third kappa shape index (κ3) is 2.40. The van der Waals surface area contributed by atoms with E-state index in [1.807, 2.05) is 20.8 Å².